The summed E-state index contributed by atoms with van der Waals surface area (Å²) in [5.41, 5.74) is 0.926. The maximum absolute atomic E-state index is 12.1. The Bertz CT molecular complexity index is 754. The minimum Gasteiger partial charge on any atom is -0.375 e. The van der Waals surface area contributed by atoms with Crippen LogP contribution in [0.25, 0.3) is 0 Å². The van der Waals surface area contributed by atoms with Gasteiger partial charge < -0.3 is 4.74 Å². The van der Waals surface area contributed by atoms with Crippen molar-refractivity contribution in [2.45, 2.75) is 4.34 Å². The van der Waals surface area contributed by atoms with Crippen LogP contribution in [0, 0.1) is 11.3 Å². The van der Waals surface area contributed by atoms with Gasteiger partial charge in [-0.15, -0.1) is 10.2 Å². The summed E-state index contributed by atoms with van der Waals surface area (Å²) < 4.78 is 5.27. The topological polar surface area (TPSA) is 105 Å². The van der Waals surface area contributed by atoms with Gasteiger partial charge in [0.1, 0.15) is 6.61 Å². The summed E-state index contributed by atoms with van der Waals surface area (Å²) in [5.74, 6) is -0.243. The SMILES string of the molecule is COCC(=O)Nc1nnc(SCC(=O)c2cccc(C#N)c2)s1. The number of ketones is 1. The van der Waals surface area contributed by atoms with E-state index in [1.807, 2.05) is 6.07 Å². The molecule has 0 radical (unpaired) electrons. The zero-order chi connectivity index (χ0) is 16.7. The zero-order valence-electron chi connectivity index (χ0n) is 12.1. The molecule has 0 aliphatic carbocycles. The van der Waals surface area contributed by atoms with Gasteiger partial charge in [0, 0.05) is 12.7 Å². The van der Waals surface area contributed by atoms with Crippen LogP contribution in [0.3, 0.4) is 0 Å². The fourth-order valence-electron chi connectivity index (χ4n) is 1.58. The molecule has 118 valence electrons. The Morgan fingerprint density at radius 1 is 1.43 bits per heavy atom. The number of nitrogens with zero attached hydrogens (tertiary/aromatic N) is 3. The van der Waals surface area contributed by atoms with Gasteiger partial charge in [-0.2, -0.15) is 5.26 Å². The Morgan fingerprint density at radius 2 is 2.26 bits per heavy atom. The van der Waals surface area contributed by atoms with Crippen LogP contribution in [0.4, 0.5) is 5.13 Å². The van der Waals surface area contributed by atoms with Gasteiger partial charge >= 0.3 is 0 Å². The molecule has 1 heterocycles. The van der Waals surface area contributed by atoms with Gasteiger partial charge in [-0.1, -0.05) is 35.2 Å². The number of aromatic nitrogens is 2. The number of nitrogens with one attached hydrogen (secondary N) is 1. The number of thioether (sulfide) groups is 1. The largest absolute Gasteiger partial charge is 0.375 e. The predicted molar refractivity (Wildman–Crippen MR) is 86.6 cm³/mol. The number of hydrogen-bond donors (Lipinski definition) is 1. The van der Waals surface area contributed by atoms with E-state index in [0.29, 0.717) is 20.6 Å². The number of carbonyl (C=O) groups excluding carboxylic acids is 2. The highest BCUT2D eigenvalue weighted by Crippen LogP contribution is 2.26. The van der Waals surface area contributed by atoms with Crippen molar-refractivity contribution in [1.82, 2.24) is 10.2 Å². The van der Waals surface area contributed by atoms with Gasteiger partial charge in [-0.25, -0.2) is 0 Å². The second-order valence-electron chi connectivity index (χ2n) is 4.26. The second-order valence-corrected chi connectivity index (χ2v) is 6.46. The number of rotatable bonds is 7. The average Bonchev–Trinajstić information content (AvgIpc) is 3.00. The summed E-state index contributed by atoms with van der Waals surface area (Å²) in [6.45, 7) is -0.0597. The van der Waals surface area contributed by atoms with Crippen molar-refractivity contribution < 1.29 is 14.3 Å². The summed E-state index contributed by atoms with van der Waals surface area (Å²) >= 11 is 2.41. The van der Waals surface area contributed by atoms with E-state index in [9.17, 15) is 9.59 Å². The number of Topliss-reactive ketones (excluding diaryl/α,β-unsaturated/α-hetero) is 1. The lowest BCUT2D eigenvalue weighted by molar-refractivity contribution is -0.119. The van der Waals surface area contributed by atoms with E-state index in [1.165, 1.54) is 30.2 Å². The molecule has 2 rings (SSSR count). The molecule has 1 amide bonds. The molecule has 1 N–H and O–H groups in total. The molecule has 0 saturated carbocycles. The highest BCUT2D eigenvalue weighted by atomic mass is 32.2. The maximum atomic E-state index is 12.1. The summed E-state index contributed by atoms with van der Waals surface area (Å²) in [7, 11) is 1.42. The van der Waals surface area contributed by atoms with Gasteiger partial charge in [0.25, 0.3) is 5.91 Å². The molecule has 1 aromatic heterocycles. The van der Waals surface area contributed by atoms with Crippen molar-refractivity contribution in [3.8, 4) is 6.07 Å². The molecule has 7 nitrogen and oxygen atoms in total. The van der Waals surface area contributed by atoms with Gasteiger partial charge in [0.15, 0.2) is 10.1 Å². The number of anilines is 1. The first-order valence-corrected chi connectivity index (χ1v) is 8.21. The fraction of sp³-hybridized carbons (Fsp3) is 0.214. The van der Waals surface area contributed by atoms with Gasteiger partial charge in [-0.3, -0.25) is 14.9 Å². The van der Waals surface area contributed by atoms with Crippen LogP contribution < -0.4 is 5.32 Å². The molecule has 23 heavy (non-hydrogen) atoms. The molecule has 0 aliphatic rings. The minimum absolute atomic E-state index is 0.0597. The van der Waals surface area contributed by atoms with Crippen molar-refractivity contribution >= 4 is 39.9 Å². The van der Waals surface area contributed by atoms with Crippen LogP contribution in [0.15, 0.2) is 28.6 Å². The van der Waals surface area contributed by atoms with Crippen molar-refractivity contribution in [1.29, 1.82) is 5.26 Å². The minimum atomic E-state index is -0.315. The van der Waals surface area contributed by atoms with Crippen LogP contribution in [0.2, 0.25) is 0 Å². The molecular weight excluding hydrogens is 336 g/mol. The number of ether oxygens (including phenoxy) is 1. The van der Waals surface area contributed by atoms with E-state index < -0.39 is 0 Å². The third kappa shape index (κ3) is 5.14. The summed E-state index contributed by atoms with van der Waals surface area (Å²) in [6.07, 6.45) is 0. The Balaban J connectivity index is 1.91. The molecule has 0 aliphatic heterocycles. The van der Waals surface area contributed by atoms with Crippen LogP contribution >= 0.6 is 23.1 Å². The van der Waals surface area contributed by atoms with E-state index in [-0.39, 0.29) is 24.1 Å². The van der Waals surface area contributed by atoms with Crippen molar-refractivity contribution in [3.05, 3.63) is 35.4 Å². The van der Waals surface area contributed by atoms with Crippen molar-refractivity contribution in [2.75, 3.05) is 24.8 Å². The van der Waals surface area contributed by atoms with Crippen molar-refractivity contribution in [3.63, 3.8) is 0 Å². The molecule has 2 aromatic rings. The van der Waals surface area contributed by atoms with E-state index >= 15 is 0 Å². The molecule has 0 saturated heterocycles. The first-order chi connectivity index (χ1) is 11.1. The summed E-state index contributed by atoms with van der Waals surface area (Å²) in [4.78, 5) is 23.4. The normalized spacial score (nSPS) is 10.1. The molecule has 0 bridgehead atoms. The molecule has 1 aromatic carbocycles. The average molecular weight is 348 g/mol. The van der Waals surface area contributed by atoms with E-state index in [4.69, 9.17) is 10.00 Å². The Kier molecular flexibility index (Phi) is 6.22. The first kappa shape index (κ1) is 17.1. The molecule has 0 atom stereocenters. The second kappa shape index (κ2) is 8.38. The van der Waals surface area contributed by atoms with Gasteiger partial charge in [-0.05, 0) is 12.1 Å². The lowest BCUT2D eigenvalue weighted by Crippen LogP contribution is -2.16. The molecular formula is C14H12N4O3S2. The highest BCUT2D eigenvalue weighted by molar-refractivity contribution is 8.01. The monoisotopic (exact) mass is 348 g/mol. The van der Waals surface area contributed by atoms with E-state index in [2.05, 4.69) is 15.5 Å². The lowest BCUT2D eigenvalue weighted by atomic mass is 10.1. The Hall–Kier alpha value is -2.28. The molecule has 0 unspecified atom stereocenters. The molecule has 0 fully saturated rings. The van der Waals surface area contributed by atoms with Crippen LogP contribution in [0.1, 0.15) is 15.9 Å². The Morgan fingerprint density at radius 3 is 3.00 bits per heavy atom. The van der Waals surface area contributed by atoms with E-state index in [1.54, 1.807) is 24.3 Å². The van der Waals surface area contributed by atoms with E-state index in [0.717, 1.165) is 0 Å². The lowest BCUT2D eigenvalue weighted by Gasteiger charge is -1.99. The summed E-state index contributed by atoms with van der Waals surface area (Å²) in [6, 6.07) is 8.53. The molecule has 0 spiro atoms. The number of hydrogen-bond acceptors (Lipinski definition) is 8. The van der Waals surface area contributed by atoms with Crippen LogP contribution in [-0.2, 0) is 9.53 Å². The molecule has 9 heteroatoms. The number of carbonyl (C=O) groups is 2. The number of nitriles is 1. The summed E-state index contributed by atoms with van der Waals surface area (Å²) in [5, 5.41) is 19.5. The standard InChI is InChI=1S/C14H12N4O3S2/c1-21-7-12(20)16-13-17-18-14(23-13)22-8-11(19)10-4-2-3-9(5-10)6-15/h2-5H,7-8H2,1H3,(H,16,17,20). The number of methoxy groups -OCH3 is 1. The number of benzene rings is 1. The maximum Gasteiger partial charge on any atom is 0.252 e. The highest BCUT2D eigenvalue weighted by Gasteiger charge is 2.12. The van der Waals surface area contributed by atoms with Crippen LogP contribution in [0.5, 0.6) is 0 Å². The van der Waals surface area contributed by atoms with Crippen LogP contribution in [-0.4, -0.2) is 41.4 Å². The zero-order valence-corrected chi connectivity index (χ0v) is 13.7. The third-order valence-electron chi connectivity index (χ3n) is 2.57. The van der Waals surface area contributed by atoms with Gasteiger partial charge in [0.05, 0.1) is 17.4 Å². The Labute approximate surface area is 140 Å². The fourth-order valence-corrected chi connectivity index (χ4v) is 3.24. The number of amides is 1. The smallest absolute Gasteiger partial charge is 0.252 e. The quantitative estimate of drug-likeness (QED) is 0.463. The van der Waals surface area contributed by atoms with Gasteiger partial charge in [0.2, 0.25) is 5.13 Å². The van der Waals surface area contributed by atoms with Crippen molar-refractivity contribution in [2.24, 2.45) is 0 Å². The first-order valence-electron chi connectivity index (χ1n) is 6.41. The third-order valence-corrected chi connectivity index (χ3v) is 4.54. The predicted octanol–water partition coefficient (Wildman–Crippen LogP) is 1.97.